The van der Waals surface area contributed by atoms with Crippen molar-refractivity contribution in [1.29, 1.82) is 0 Å². The molecule has 2 heterocycles. The van der Waals surface area contributed by atoms with Gasteiger partial charge in [0.05, 0.1) is 11.5 Å². The third-order valence-corrected chi connectivity index (χ3v) is 3.80. The number of aromatic nitrogens is 1. The fraction of sp³-hybridized carbons (Fsp3) is 0.429. The molecular weight excluding hydrogens is 276 g/mol. The molecular formula is C14H18N2O3S. The van der Waals surface area contributed by atoms with E-state index in [2.05, 4.69) is 5.16 Å². The van der Waals surface area contributed by atoms with E-state index in [1.165, 1.54) is 0 Å². The van der Waals surface area contributed by atoms with Crippen LogP contribution in [0.1, 0.15) is 19.5 Å². The molecule has 2 aromatic rings. The number of amides is 1. The third kappa shape index (κ3) is 3.68. The second-order valence-electron chi connectivity index (χ2n) is 4.22. The Labute approximate surface area is 122 Å². The quantitative estimate of drug-likeness (QED) is 0.788. The summed E-state index contributed by atoms with van der Waals surface area (Å²) in [7, 11) is 0. The fourth-order valence-corrected chi connectivity index (χ4v) is 2.50. The van der Waals surface area contributed by atoms with E-state index >= 15 is 0 Å². The Morgan fingerprint density at radius 1 is 1.45 bits per heavy atom. The Hall–Kier alpha value is -1.66. The van der Waals surface area contributed by atoms with Crippen LogP contribution in [0, 0.1) is 0 Å². The molecule has 0 fully saturated rings. The van der Waals surface area contributed by atoms with Crippen LogP contribution in [0.4, 0.5) is 0 Å². The maximum Gasteiger partial charge on any atom is 0.248 e. The lowest BCUT2D eigenvalue weighted by Crippen LogP contribution is -2.33. The summed E-state index contributed by atoms with van der Waals surface area (Å²) in [4.78, 5) is 14.5. The van der Waals surface area contributed by atoms with Crippen molar-refractivity contribution in [2.45, 2.75) is 20.5 Å². The number of hydrogen-bond donors (Lipinski definition) is 0. The third-order valence-electron chi connectivity index (χ3n) is 2.91. The van der Waals surface area contributed by atoms with Crippen LogP contribution in [0.5, 0.6) is 0 Å². The topological polar surface area (TPSA) is 55.6 Å². The van der Waals surface area contributed by atoms with Gasteiger partial charge in [0.25, 0.3) is 0 Å². The van der Waals surface area contributed by atoms with Crippen molar-refractivity contribution in [3.63, 3.8) is 0 Å². The van der Waals surface area contributed by atoms with Gasteiger partial charge in [-0.15, -0.1) is 11.3 Å². The summed E-state index contributed by atoms with van der Waals surface area (Å²) in [5.41, 5.74) is 0.695. The Morgan fingerprint density at radius 3 is 2.90 bits per heavy atom. The van der Waals surface area contributed by atoms with Crippen molar-refractivity contribution in [2.75, 3.05) is 19.7 Å². The van der Waals surface area contributed by atoms with E-state index in [1.54, 1.807) is 16.2 Å². The highest BCUT2D eigenvalue weighted by molar-refractivity contribution is 7.13. The molecule has 0 bridgehead atoms. The summed E-state index contributed by atoms with van der Waals surface area (Å²) >= 11 is 1.59. The summed E-state index contributed by atoms with van der Waals surface area (Å²) in [6.45, 7) is 5.65. The van der Waals surface area contributed by atoms with Crippen molar-refractivity contribution >= 4 is 17.2 Å². The Morgan fingerprint density at radius 2 is 2.25 bits per heavy atom. The lowest BCUT2D eigenvalue weighted by Gasteiger charge is -2.18. The average molecular weight is 294 g/mol. The molecule has 0 unspecified atom stereocenters. The summed E-state index contributed by atoms with van der Waals surface area (Å²) in [6.07, 6.45) is 0. The van der Waals surface area contributed by atoms with Gasteiger partial charge in [0.1, 0.15) is 12.3 Å². The molecule has 0 spiro atoms. The first-order valence-electron chi connectivity index (χ1n) is 6.59. The van der Waals surface area contributed by atoms with E-state index in [0.29, 0.717) is 18.8 Å². The van der Waals surface area contributed by atoms with Gasteiger partial charge in [-0.05, 0) is 25.3 Å². The summed E-state index contributed by atoms with van der Waals surface area (Å²) < 4.78 is 10.6. The van der Waals surface area contributed by atoms with E-state index in [0.717, 1.165) is 10.6 Å². The minimum Gasteiger partial charge on any atom is -0.365 e. The molecule has 6 heteroatoms. The summed E-state index contributed by atoms with van der Waals surface area (Å²) in [6, 6.07) is 5.77. The molecule has 0 aliphatic heterocycles. The molecule has 0 atom stereocenters. The second kappa shape index (κ2) is 7.21. The average Bonchev–Trinajstić information content (AvgIpc) is 3.10. The number of hydrogen-bond acceptors (Lipinski definition) is 5. The molecule has 0 saturated carbocycles. The highest BCUT2D eigenvalue weighted by Crippen LogP contribution is 2.25. The second-order valence-corrected chi connectivity index (χ2v) is 5.17. The van der Waals surface area contributed by atoms with Crippen LogP contribution in [0.3, 0.4) is 0 Å². The summed E-state index contributed by atoms with van der Waals surface area (Å²) in [5, 5.41) is 5.92. The number of rotatable bonds is 7. The highest BCUT2D eigenvalue weighted by Gasteiger charge is 2.11. The largest absolute Gasteiger partial charge is 0.365 e. The standard InChI is InChI=1S/C14H18N2O3S/c1-3-16(4-2)14(17)10-18-9-11-8-12(19-15-11)13-6-5-7-20-13/h5-8H,3-4,9-10H2,1-2H3. The van der Waals surface area contributed by atoms with Crippen LogP contribution < -0.4 is 0 Å². The SMILES string of the molecule is CCN(CC)C(=O)COCc1cc(-c2cccs2)on1. The van der Waals surface area contributed by atoms with Crippen LogP contribution in [0.2, 0.25) is 0 Å². The lowest BCUT2D eigenvalue weighted by atomic mass is 10.3. The molecule has 0 saturated heterocycles. The normalized spacial score (nSPS) is 10.7. The first-order chi connectivity index (χ1) is 9.74. The zero-order chi connectivity index (χ0) is 14.4. The predicted molar refractivity (Wildman–Crippen MR) is 77.4 cm³/mol. The first kappa shape index (κ1) is 14.7. The lowest BCUT2D eigenvalue weighted by molar-refractivity contribution is -0.136. The Balaban J connectivity index is 1.82. The molecule has 1 amide bonds. The van der Waals surface area contributed by atoms with Gasteiger partial charge in [0.15, 0.2) is 5.76 Å². The molecule has 0 radical (unpaired) electrons. The molecule has 0 aromatic carbocycles. The van der Waals surface area contributed by atoms with Gasteiger partial charge >= 0.3 is 0 Å². The smallest absolute Gasteiger partial charge is 0.248 e. The number of thiophene rings is 1. The van der Waals surface area contributed by atoms with Crippen LogP contribution in [-0.2, 0) is 16.1 Å². The van der Waals surface area contributed by atoms with Gasteiger partial charge in [-0.3, -0.25) is 4.79 Å². The van der Waals surface area contributed by atoms with E-state index in [1.807, 2.05) is 37.4 Å². The maximum absolute atomic E-state index is 11.7. The number of carbonyl (C=O) groups excluding carboxylic acids is 1. The Bertz CT molecular complexity index is 532. The molecule has 20 heavy (non-hydrogen) atoms. The number of likely N-dealkylation sites (N-methyl/N-ethyl adjacent to an activating group) is 1. The molecule has 0 aliphatic rings. The minimum absolute atomic E-state index is 0.00280. The van der Waals surface area contributed by atoms with Gasteiger partial charge < -0.3 is 14.2 Å². The minimum atomic E-state index is -0.00280. The zero-order valence-corrected chi connectivity index (χ0v) is 12.5. The van der Waals surface area contributed by atoms with Gasteiger partial charge in [-0.2, -0.15) is 0 Å². The highest BCUT2D eigenvalue weighted by atomic mass is 32.1. The fourth-order valence-electron chi connectivity index (χ4n) is 1.83. The Kier molecular flexibility index (Phi) is 5.31. The molecule has 0 N–H and O–H groups in total. The molecule has 2 rings (SSSR count). The predicted octanol–water partition coefficient (Wildman–Crippen LogP) is 2.79. The van der Waals surface area contributed by atoms with Gasteiger partial charge in [-0.1, -0.05) is 11.2 Å². The molecule has 2 aromatic heterocycles. The molecule has 5 nitrogen and oxygen atoms in total. The van der Waals surface area contributed by atoms with Gasteiger partial charge in [0.2, 0.25) is 5.91 Å². The number of ether oxygens (including phenoxy) is 1. The number of nitrogens with zero attached hydrogens (tertiary/aromatic N) is 2. The van der Waals surface area contributed by atoms with Gasteiger partial charge in [-0.25, -0.2) is 0 Å². The van der Waals surface area contributed by atoms with Crippen molar-refractivity contribution in [1.82, 2.24) is 10.1 Å². The van der Waals surface area contributed by atoms with E-state index in [9.17, 15) is 4.79 Å². The van der Waals surface area contributed by atoms with E-state index in [-0.39, 0.29) is 19.1 Å². The van der Waals surface area contributed by atoms with Crippen LogP contribution in [0.15, 0.2) is 28.1 Å². The zero-order valence-electron chi connectivity index (χ0n) is 11.7. The molecule has 0 aliphatic carbocycles. The van der Waals surface area contributed by atoms with Crippen LogP contribution in [-0.4, -0.2) is 35.7 Å². The van der Waals surface area contributed by atoms with Crippen molar-refractivity contribution in [3.05, 3.63) is 29.3 Å². The van der Waals surface area contributed by atoms with Crippen LogP contribution in [0.25, 0.3) is 10.6 Å². The van der Waals surface area contributed by atoms with Crippen molar-refractivity contribution in [2.24, 2.45) is 0 Å². The van der Waals surface area contributed by atoms with Crippen molar-refractivity contribution < 1.29 is 14.1 Å². The summed E-state index contributed by atoms with van der Waals surface area (Å²) in [5.74, 6) is 0.727. The molecule has 108 valence electrons. The van der Waals surface area contributed by atoms with Gasteiger partial charge in [0, 0.05) is 19.2 Å². The number of carbonyl (C=O) groups is 1. The monoisotopic (exact) mass is 294 g/mol. The van der Waals surface area contributed by atoms with Crippen LogP contribution >= 0.6 is 11.3 Å². The van der Waals surface area contributed by atoms with E-state index < -0.39 is 0 Å². The van der Waals surface area contributed by atoms with Crippen molar-refractivity contribution in [3.8, 4) is 10.6 Å². The van der Waals surface area contributed by atoms with E-state index in [4.69, 9.17) is 9.26 Å². The first-order valence-corrected chi connectivity index (χ1v) is 7.47. The maximum atomic E-state index is 11.7.